The molecule has 2 aliphatic rings. The average Bonchev–Trinajstić information content (AvgIpc) is 3.04. The van der Waals surface area contributed by atoms with E-state index in [0.717, 1.165) is 25.0 Å². The van der Waals surface area contributed by atoms with Crippen LogP contribution >= 0.6 is 11.6 Å². The second-order valence-electron chi connectivity index (χ2n) is 6.18. The minimum atomic E-state index is 0.0880. The molecule has 2 fully saturated rings. The lowest BCUT2D eigenvalue weighted by Crippen LogP contribution is -2.27. The summed E-state index contributed by atoms with van der Waals surface area (Å²) in [6.07, 6.45) is 1.93. The van der Waals surface area contributed by atoms with Crippen molar-refractivity contribution in [2.45, 2.75) is 26.3 Å². The number of methoxy groups -OCH3 is 1. The summed E-state index contributed by atoms with van der Waals surface area (Å²) >= 11 is 6.25. The SMILES string of the molecule is CCOc1c(Cl)cc(CNC(=O)C2CC23CCOC3)cc1OC. The van der Waals surface area contributed by atoms with Crippen molar-refractivity contribution in [3.05, 3.63) is 22.7 Å². The summed E-state index contributed by atoms with van der Waals surface area (Å²) in [4.78, 5) is 12.3. The molecule has 2 unspecified atom stereocenters. The number of halogens is 1. The zero-order valence-corrected chi connectivity index (χ0v) is 14.2. The number of carbonyl (C=O) groups is 1. The van der Waals surface area contributed by atoms with Crippen molar-refractivity contribution in [3.8, 4) is 11.5 Å². The van der Waals surface area contributed by atoms with E-state index < -0.39 is 0 Å². The fraction of sp³-hybridized carbons (Fsp3) is 0.588. The van der Waals surface area contributed by atoms with Gasteiger partial charge in [-0.05, 0) is 37.5 Å². The van der Waals surface area contributed by atoms with Crippen LogP contribution in [-0.4, -0.2) is 32.8 Å². The molecular formula is C17H22ClNO4. The van der Waals surface area contributed by atoms with Gasteiger partial charge in [0.1, 0.15) is 0 Å². The molecular weight excluding hydrogens is 318 g/mol. The third kappa shape index (κ3) is 3.26. The van der Waals surface area contributed by atoms with Crippen molar-refractivity contribution in [3.63, 3.8) is 0 Å². The van der Waals surface area contributed by atoms with Crippen molar-refractivity contribution >= 4 is 17.5 Å². The van der Waals surface area contributed by atoms with Gasteiger partial charge in [-0.2, -0.15) is 0 Å². The van der Waals surface area contributed by atoms with Crippen LogP contribution in [0, 0.1) is 11.3 Å². The fourth-order valence-corrected chi connectivity index (χ4v) is 3.54. The van der Waals surface area contributed by atoms with Crippen LogP contribution < -0.4 is 14.8 Å². The quantitative estimate of drug-likeness (QED) is 0.866. The highest BCUT2D eigenvalue weighted by molar-refractivity contribution is 6.32. The molecule has 0 aromatic heterocycles. The Hall–Kier alpha value is -1.46. The maximum absolute atomic E-state index is 12.3. The largest absolute Gasteiger partial charge is 0.493 e. The van der Waals surface area contributed by atoms with Gasteiger partial charge in [0, 0.05) is 24.5 Å². The van der Waals surface area contributed by atoms with E-state index in [1.54, 1.807) is 13.2 Å². The number of amides is 1. The van der Waals surface area contributed by atoms with Crippen LogP contribution in [0.3, 0.4) is 0 Å². The number of nitrogens with one attached hydrogen (secondary N) is 1. The van der Waals surface area contributed by atoms with E-state index in [4.69, 9.17) is 25.8 Å². The minimum Gasteiger partial charge on any atom is -0.493 e. The van der Waals surface area contributed by atoms with Crippen LogP contribution in [0.4, 0.5) is 0 Å². The molecule has 1 aromatic rings. The monoisotopic (exact) mass is 339 g/mol. The summed E-state index contributed by atoms with van der Waals surface area (Å²) in [6.45, 7) is 4.32. The van der Waals surface area contributed by atoms with Crippen LogP contribution in [0.5, 0.6) is 11.5 Å². The second kappa shape index (κ2) is 6.57. The third-order valence-electron chi connectivity index (χ3n) is 4.68. The molecule has 3 rings (SSSR count). The van der Waals surface area contributed by atoms with Crippen molar-refractivity contribution in [1.29, 1.82) is 0 Å². The second-order valence-corrected chi connectivity index (χ2v) is 6.59. The Morgan fingerprint density at radius 3 is 3.00 bits per heavy atom. The first-order chi connectivity index (χ1) is 11.1. The molecule has 0 radical (unpaired) electrons. The molecule has 126 valence electrons. The molecule has 0 bridgehead atoms. The van der Waals surface area contributed by atoms with E-state index >= 15 is 0 Å². The number of hydrogen-bond acceptors (Lipinski definition) is 4. The Kier molecular flexibility index (Phi) is 4.69. The van der Waals surface area contributed by atoms with Gasteiger partial charge in [-0.25, -0.2) is 0 Å². The molecule has 1 aliphatic carbocycles. The topological polar surface area (TPSA) is 56.8 Å². The Morgan fingerprint density at radius 1 is 1.52 bits per heavy atom. The third-order valence-corrected chi connectivity index (χ3v) is 4.97. The average molecular weight is 340 g/mol. The summed E-state index contributed by atoms with van der Waals surface area (Å²) in [7, 11) is 1.57. The van der Waals surface area contributed by atoms with E-state index in [-0.39, 0.29) is 17.2 Å². The zero-order chi connectivity index (χ0) is 16.4. The number of rotatable bonds is 6. The molecule has 6 heteroatoms. The van der Waals surface area contributed by atoms with Gasteiger partial charge in [0.05, 0.1) is 25.3 Å². The maximum Gasteiger partial charge on any atom is 0.224 e. The summed E-state index contributed by atoms with van der Waals surface area (Å²) < 4.78 is 16.2. The number of carbonyl (C=O) groups excluding carboxylic acids is 1. The first-order valence-electron chi connectivity index (χ1n) is 7.94. The highest BCUT2D eigenvalue weighted by atomic mass is 35.5. The standard InChI is InChI=1S/C17H22ClNO4/c1-3-23-15-13(18)6-11(7-14(15)21-2)9-19-16(20)12-8-17(12)4-5-22-10-17/h6-7,12H,3-5,8-10H2,1-2H3,(H,19,20). The molecule has 1 saturated carbocycles. The fourth-order valence-electron chi connectivity index (χ4n) is 3.25. The lowest BCUT2D eigenvalue weighted by Gasteiger charge is -2.14. The highest BCUT2D eigenvalue weighted by Crippen LogP contribution is 2.57. The Labute approximate surface area is 141 Å². The molecule has 1 aliphatic heterocycles. The van der Waals surface area contributed by atoms with Gasteiger partial charge in [0.15, 0.2) is 11.5 Å². The lowest BCUT2D eigenvalue weighted by molar-refractivity contribution is -0.123. The summed E-state index contributed by atoms with van der Waals surface area (Å²) in [6, 6.07) is 3.65. The zero-order valence-electron chi connectivity index (χ0n) is 13.5. The Balaban J connectivity index is 1.62. The molecule has 1 spiro atoms. The Morgan fingerprint density at radius 2 is 2.35 bits per heavy atom. The molecule has 23 heavy (non-hydrogen) atoms. The van der Waals surface area contributed by atoms with Crippen molar-refractivity contribution in [2.75, 3.05) is 26.9 Å². The smallest absolute Gasteiger partial charge is 0.224 e. The molecule has 1 saturated heterocycles. The van der Waals surface area contributed by atoms with Gasteiger partial charge in [-0.15, -0.1) is 0 Å². The van der Waals surface area contributed by atoms with Gasteiger partial charge >= 0.3 is 0 Å². The van der Waals surface area contributed by atoms with Crippen LogP contribution in [0.2, 0.25) is 5.02 Å². The van der Waals surface area contributed by atoms with Crippen molar-refractivity contribution in [2.24, 2.45) is 11.3 Å². The van der Waals surface area contributed by atoms with Crippen molar-refractivity contribution < 1.29 is 19.0 Å². The van der Waals surface area contributed by atoms with Crippen LogP contribution in [0.1, 0.15) is 25.3 Å². The molecule has 1 aromatic carbocycles. The van der Waals surface area contributed by atoms with Crippen LogP contribution in [0.25, 0.3) is 0 Å². The molecule has 2 atom stereocenters. The van der Waals surface area contributed by atoms with E-state index in [0.29, 0.717) is 36.3 Å². The maximum atomic E-state index is 12.3. The van der Waals surface area contributed by atoms with Gasteiger partial charge < -0.3 is 19.5 Å². The predicted octanol–water partition coefficient (Wildman–Crippen LogP) is 2.79. The van der Waals surface area contributed by atoms with Crippen LogP contribution in [0.15, 0.2) is 12.1 Å². The van der Waals surface area contributed by atoms with Crippen LogP contribution in [-0.2, 0) is 16.1 Å². The summed E-state index contributed by atoms with van der Waals surface area (Å²) in [5.74, 6) is 1.30. The lowest BCUT2D eigenvalue weighted by atomic mass is 10.0. The van der Waals surface area contributed by atoms with Gasteiger partial charge in [-0.1, -0.05) is 11.6 Å². The summed E-state index contributed by atoms with van der Waals surface area (Å²) in [5, 5.41) is 3.48. The Bertz CT molecular complexity index is 599. The normalized spacial score (nSPS) is 25.4. The molecule has 1 amide bonds. The molecule has 5 nitrogen and oxygen atoms in total. The van der Waals surface area contributed by atoms with E-state index in [1.165, 1.54) is 0 Å². The van der Waals surface area contributed by atoms with E-state index in [9.17, 15) is 4.79 Å². The van der Waals surface area contributed by atoms with Gasteiger partial charge in [0.2, 0.25) is 5.91 Å². The first kappa shape index (κ1) is 16.4. The summed E-state index contributed by atoms with van der Waals surface area (Å²) in [5.41, 5.74) is 0.999. The minimum absolute atomic E-state index is 0.0880. The van der Waals surface area contributed by atoms with Gasteiger partial charge in [0.25, 0.3) is 0 Å². The molecule has 1 N–H and O–H groups in total. The van der Waals surface area contributed by atoms with Gasteiger partial charge in [-0.3, -0.25) is 4.79 Å². The van der Waals surface area contributed by atoms with E-state index in [1.807, 2.05) is 13.0 Å². The first-order valence-corrected chi connectivity index (χ1v) is 8.32. The van der Waals surface area contributed by atoms with Crippen molar-refractivity contribution in [1.82, 2.24) is 5.32 Å². The number of benzene rings is 1. The number of ether oxygens (including phenoxy) is 3. The highest BCUT2D eigenvalue weighted by Gasteiger charge is 2.59. The number of hydrogen-bond donors (Lipinski definition) is 1. The predicted molar refractivity (Wildman–Crippen MR) is 87.0 cm³/mol. The van der Waals surface area contributed by atoms with E-state index in [2.05, 4.69) is 5.32 Å². The molecule has 1 heterocycles.